The number of hydrogen-bond donors (Lipinski definition) is 1. The maximum atomic E-state index is 14.1. The Hall–Kier alpha value is -0.480. The minimum Gasteiger partial charge on any atom is -0.314 e. The molecule has 1 aliphatic rings. The number of alkyl halides is 2. The highest BCUT2D eigenvalue weighted by atomic mass is 79.9. The summed E-state index contributed by atoms with van der Waals surface area (Å²) < 4.78 is 28.8. The molecule has 94 valence electrons. The highest BCUT2D eigenvalue weighted by molar-refractivity contribution is 9.10. The van der Waals surface area contributed by atoms with Crippen LogP contribution in [-0.4, -0.2) is 12.6 Å². The summed E-state index contributed by atoms with van der Waals surface area (Å²) in [6, 6.07) is 6.36. The molecule has 1 N–H and O–H groups in total. The molecule has 1 unspecified atom stereocenters. The van der Waals surface area contributed by atoms with Crippen LogP contribution >= 0.6 is 15.9 Å². The van der Waals surface area contributed by atoms with Crippen LogP contribution in [0.4, 0.5) is 8.78 Å². The topological polar surface area (TPSA) is 12.0 Å². The van der Waals surface area contributed by atoms with Crippen LogP contribution in [0.1, 0.15) is 31.2 Å². The van der Waals surface area contributed by atoms with Gasteiger partial charge in [-0.3, -0.25) is 0 Å². The lowest BCUT2D eigenvalue weighted by molar-refractivity contribution is -0.0253. The summed E-state index contributed by atoms with van der Waals surface area (Å²) in [7, 11) is 0. The molecule has 1 nitrogen and oxygen atoms in total. The monoisotopic (exact) mass is 303 g/mol. The second-order valence-corrected chi connectivity index (χ2v) is 5.48. The predicted octanol–water partition coefficient (Wildman–Crippen LogP) is 4.07. The Labute approximate surface area is 109 Å². The van der Waals surface area contributed by atoms with Crippen molar-refractivity contribution >= 4 is 15.9 Å². The van der Waals surface area contributed by atoms with E-state index in [0.717, 1.165) is 25.8 Å². The molecule has 4 heteroatoms. The molecule has 0 saturated carbocycles. The number of rotatable bonds is 3. The van der Waals surface area contributed by atoms with E-state index in [4.69, 9.17) is 0 Å². The zero-order chi connectivity index (χ0) is 12.3. The third-order valence-electron chi connectivity index (χ3n) is 3.16. The third kappa shape index (κ3) is 3.49. The predicted molar refractivity (Wildman–Crippen MR) is 68.3 cm³/mol. The smallest absolute Gasteiger partial charge is 0.274 e. The van der Waals surface area contributed by atoms with E-state index in [1.807, 2.05) is 0 Å². The second-order valence-electron chi connectivity index (χ2n) is 4.57. The van der Waals surface area contributed by atoms with E-state index in [0.29, 0.717) is 4.47 Å². The summed E-state index contributed by atoms with van der Waals surface area (Å²) in [6.45, 7) is 0.860. The van der Waals surface area contributed by atoms with E-state index in [2.05, 4.69) is 21.2 Å². The zero-order valence-corrected chi connectivity index (χ0v) is 11.1. The third-order valence-corrected chi connectivity index (χ3v) is 3.66. The van der Waals surface area contributed by atoms with Crippen molar-refractivity contribution in [3.8, 4) is 0 Å². The molecule has 1 aromatic rings. The summed E-state index contributed by atoms with van der Waals surface area (Å²) in [5.41, 5.74) is 0.0965. The molecule has 17 heavy (non-hydrogen) atoms. The van der Waals surface area contributed by atoms with Crippen molar-refractivity contribution in [1.82, 2.24) is 5.32 Å². The molecule has 0 spiro atoms. The fourth-order valence-electron chi connectivity index (χ4n) is 2.24. The van der Waals surface area contributed by atoms with Gasteiger partial charge >= 0.3 is 0 Å². The minimum atomic E-state index is -2.75. The molecule has 0 aliphatic carbocycles. The SMILES string of the molecule is FC(F)(CC1CCCCN1)c1cccc(Br)c1. The molecule has 1 atom stereocenters. The Balaban J connectivity index is 2.06. The maximum absolute atomic E-state index is 14.1. The van der Waals surface area contributed by atoms with Crippen LogP contribution in [0, 0.1) is 0 Å². The highest BCUT2D eigenvalue weighted by Gasteiger charge is 2.35. The average Bonchev–Trinajstić information content (AvgIpc) is 2.30. The van der Waals surface area contributed by atoms with Crippen molar-refractivity contribution < 1.29 is 8.78 Å². The largest absolute Gasteiger partial charge is 0.314 e. The van der Waals surface area contributed by atoms with Gasteiger partial charge in [0, 0.05) is 22.5 Å². The molecule has 1 heterocycles. The van der Waals surface area contributed by atoms with Crippen LogP contribution in [-0.2, 0) is 5.92 Å². The first-order valence-electron chi connectivity index (χ1n) is 5.95. The molecule has 1 aromatic carbocycles. The number of halogens is 3. The van der Waals surface area contributed by atoms with Crippen LogP contribution < -0.4 is 5.32 Å². The lowest BCUT2D eigenvalue weighted by Gasteiger charge is -2.27. The molecule has 1 saturated heterocycles. The standard InChI is InChI=1S/C13H16BrF2N/c14-11-5-3-4-10(8-11)13(15,16)9-12-6-1-2-7-17-12/h3-5,8,12,17H,1-2,6-7,9H2. The van der Waals surface area contributed by atoms with Gasteiger partial charge in [0.2, 0.25) is 0 Å². The van der Waals surface area contributed by atoms with Crippen LogP contribution in [0.5, 0.6) is 0 Å². The van der Waals surface area contributed by atoms with Gasteiger partial charge in [-0.05, 0) is 31.5 Å². The first-order chi connectivity index (χ1) is 8.08. The lowest BCUT2D eigenvalue weighted by atomic mass is 9.95. The van der Waals surface area contributed by atoms with Gasteiger partial charge in [-0.15, -0.1) is 0 Å². The van der Waals surface area contributed by atoms with Crippen LogP contribution in [0.15, 0.2) is 28.7 Å². The quantitative estimate of drug-likeness (QED) is 0.887. The summed E-state index contributed by atoms with van der Waals surface area (Å²) in [5.74, 6) is -2.75. The average molecular weight is 304 g/mol. The molecule has 1 fully saturated rings. The molecule has 0 bridgehead atoms. The number of benzene rings is 1. The summed E-state index contributed by atoms with van der Waals surface area (Å²) in [5, 5.41) is 3.17. The molecule has 1 aliphatic heterocycles. The summed E-state index contributed by atoms with van der Waals surface area (Å²) in [6.07, 6.45) is 2.89. The molecular weight excluding hydrogens is 288 g/mol. The van der Waals surface area contributed by atoms with Crippen molar-refractivity contribution in [2.24, 2.45) is 0 Å². The van der Waals surface area contributed by atoms with E-state index >= 15 is 0 Å². The van der Waals surface area contributed by atoms with E-state index in [9.17, 15) is 8.78 Å². The number of piperidine rings is 1. The lowest BCUT2D eigenvalue weighted by Crippen LogP contribution is -2.37. The Morgan fingerprint density at radius 2 is 2.18 bits per heavy atom. The van der Waals surface area contributed by atoms with Crippen molar-refractivity contribution in [3.05, 3.63) is 34.3 Å². The van der Waals surface area contributed by atoms with E-state index in [-0.39, 0.29) is 18.0 Å². The normalized spacial score (nSPS) is 21.5. The highest BCUT2D eigenvalue weighted by Crippen LogP contribution is 2.35. The summed E-state index contributed by atoms with van der Waals surface area (Å²) in [4.78, 5) is 0. The van der Waals surface area contributed by atoms with Crippen LogP contribution in [0.3, 0.4) is 0 Å². The van der Waals surface area contributed by atoms with Gasteiger partial charge in [0.25, 0.3) is 5.92 Å². The Kier molecular flexibility index (Phi) is 4.15. The first-order valence-corrected chi connectivity index (χ1v) is 6.74. The zero-order valence-electron chi connectivity index (χ0n) is 9.56. The van der Waals surface area contributed by atoms with Crippen LogP contribution in [0.25, 0.3) is 0 Å². The van der Waals surface area contributed by atoms with E-state index < -0.39 is 5.92 Å². The van der Waals surface area contributed by atoms with Gasteiger partial charge in [-0.2, -0.15) is 0 Å². The Morgan fingerprint density at radius 3 is 2.82 bits per heavy atom. The van der Waals surface area contributed by atoms with E-state index in [1.54, 1.807) is 12.1 Å². The number of hydrogen-bond acceptors (Lipinski definition) is 1. The number of nitrogens with one attached hydrogen (secondary N) is 1. The molecule has 0 radical (unpaired) electrons. The van der Waals surface area contributed by atoms with Crippen LogP contribution in [0.2, 0.25) is 0 Å². The van der Waals surface area contributed by atoms with Crippen molar-refractivity contribution in [1.29, 1.82) is 0 Å². The first kappa shape index (κ1) is 13.0. The van der Waals surface area contributed by atoms with E-state index in [1.165, 1.54) is 12.1 Å². The Bertz CT molecular complexity index is 375. The van der Waals surface area contributed by atoms with Gasteiger partial charge in [-0.25, -0.2) is 8.78 Å². The van der Waals surface area contributed by atoms with Gasteiger partial charge in [-0.1, -0.05) is 34.5 Å². The molecule has 0 amide bonds. The van der Waals surface area contributed by atoms with Crippen molar-refractivity contribution in [3.63, 3.8) is 0 Å². The maximum Gasteiger partial charge on any atom is 0.274 e. The molecular formula is C13H16BrF2N. The second kappa shape index (κ2) is 5.44. The van der Waals surface area contributed by atoms with Crippen molar-refractivity contribution in [2.75, 3.05) is 6.54 Å². The fraction of sp³-hybridized carbons (Fsp3) is 0.538. The summed E-state index contributed by atoms with van der Waals surface area (Å²) >= 11 is 3.23. The van der Waals surface area contributed by atoms with Gasteiger partial charge in [0.1, 0.15) is 0 Å². The van der Waals surface area contributed by atoms with Gasteiger partial charge in [0.05, 0.1) is 0 Å². The van der Waals surface area contributed by atoms with Gasteiger partial charge in [0.15, 0.2) is 0 Å². The Morgan fingerprint density at radius 1 is 1.35 bits per heavy atom. The van der Waals surface area contributed by atoms with Crippen molar-refractivity contribution in [2.45, 2.75) is 37.6 Å². The molecule has 0 aromatic heterocycles. The fourth-order valence-corrected chi connectivity index (χ4v) is 2.64. The van der Waals surface area contributed by atoms with Gasteiger partial charge < -0.3 is 5.32 Å². The minimum absolute atomic E-state index is 0.0577. The molecule has 2 rings (SSSR count).